The number of aromatic nitrogens is 2. The maximum Gasteiger partial charge on any atom is 0.257 e. The SMILES string of the molecule is Clc1nccnc1Oc1ccc(Cl)c2ccccc12. The first kappa shape index (κ1) is 12.2. The fourth-order valence-electron chi connectivity index (χ4n) is 1.80. The van der Waals surface area contributed by atoms with Crippen molar-refractivity contribution < 1.29 is 4.74 Å². The number of ether oxygens (including phenoxy) is 1. The second kappa shape index (κ2) is 5.03. The summed E-state index contributed by atoms with van der Waals surface area (Å²) in [6.07, 6.45) is 3.04. The third-order valence-electron chi connectivity index (χ3n) is 2.66. The summed E-state index contributed by atoms with van der Waals surface area (Å²) in [5, 5.41) is 2.72. The quantitative estimate of drug-likeness (QED) is 0.684. The minimum atomic E-state index is 0.224. The van der Waals surface area contributed by atoms with Crippen molar-refractivity contribution in [3.63, 3.8) is 0 Å². The van der Waals surface area contributed by atoms with E-state index in [0.717, 1.165) is 10.8 Å². The highest BCUT2D eigenvalue weighted by Crippen LogP contribution is 2.34. The molecule has 94 valence electrons. The van der Waals surface area contributed by atoms with Crippen LogP contribution in [0.4, 0.5) is 0 Å². The molecule has 0 spiro atoms. The normalized spacial score (nSPS) is 10.6. The standard InChI is InChI=1S/C14H8Cl2N2O/c15-11-5-6-12(10-4-2-1-3-9(10)11)19-14-13(16)17-7-8-18-14/h1-8H. The van der Waals surface area contributed by atoms with Crippen molar-refractivity contribution in [1.82, 2.24) is 9.97 Å². The van der Waals surface area contributed by atoms with Gasteiger partial charge in [-0.25, -0.2) is 9.97 Å². The number of hydrogen-bond acceptors (Lipinski definition) is 3. The van der Waals surface area contributed by atoms with Gasteiger partial charge in [-0.15, -0.1) is 0 Å². The molecule has 0 aliphatic carbocycles. The summed E-state index contributed by atoms with van der Waals surface area (Å²) in [6.45, 7) is 0. The summed E-state index contributed by atoms with van der Waals surface area (Å²) >= 11 is 12.1. The summed E-state index contributed by atoms with van der Waals surface area (Å²) in [4.78, 5) is 7.98. The van der Waals surface area contributed by atoms with Crippen molar-refractivity contribution in [3.8, 4) is 11.6 Å². The molecule has 3 rings (SSSR count). The maximum absolute atomic E-state index is 6.15. The van der Waals surface area contributed by atoms with Gasteiger partial charge < -0.3 is 4.74 Å². The number of halogens is 2. The van der Waals surface area contributed by atoms with Gasteiger partial charge in [0.2, 0.25) is 0 Å². The summed E-state index contributed by atoms with van der Waals surface area (Å²) in [6, 6.07) is 11.3. The molecule has 0 radical (unpaired) electrons. The summed E-state index contributed by atoms with van der Waals surface area (Å²) < 4.78 is 5.71. The van der Waals surface area contributed by atoms with Gasteiger partial charge in [-0.3, -0.25) is 0 Å². The number of nitrogens with zero attached hydrogens (tertiary/aromatic N) is 2. The molecule has 0 saturated carbocycles. The predicted octanol–water partition coefficient (Wildman–Crippen LogP) is 4.73. The molecule has 0 N–H and O–H groups in total. The second-order valence-electron chi connectivity index (χ2n) is 3.85. The van der Waals surface area contributed by atoms with Crippen molar-refractivity contribution in [2.45, 2.75) is 0 Å². The van der Waals surface area contributed by atoms with E-state index in [-0.39, 0.29) is 11.0 Å². The van der Waals surface area contributed by atoms with Gasteiger partial charge in [-0.2, -0.15) is 0 Å². The van der Waals surface area contributed by atoms with Gasteiger partial charge in [0, 0.05) is 28.2 Å². The molecule has 0 fully saturated rings. The Balaban J connectivity index is 2.12. The van der Waals surface area contributed by atoms with Crippen molar-refractivity contribution in [3.05, 3.63) is 59.0 Å². The first-order valence-electron chi connectivity index (χ1n) is 5.57. The number of rotatable bonds is 2. The van der Waals surface area contributed by atoms with Crippen molar-refractivity contribution in [2.75, 3.05) is 0 Å². The molecule has 0 bridgehead atoms. The molecule has 0 saturated heterocycles. The maximum atomic E-state index is 6.15. The number of fused-ring (bicyclic) bond motifs is 1. The van der Waals surface area contributed by atoms with Crippen LogP contribution < -0.4 is 4.74 Å². The molecular formula is C14H8Cl2N2O. The van der Waals surface area contributed by atoms with Crippen molar-refractivity contribution in [2.24, 2.45) is 0 Å². The van der Waals surface area contributed by atoms with Gasteiger partial charge in [-0.05, 0) is 12.1 Å². The van der Waals surface area contributed by atoms with Gasteiger partial charge in [0.1, 0.15) is 5.75 Å². The molecular weight excluding hydrogens is 283 g/mol. The molecule has 1 aromatic heterocycles. The van der Waals surface area contributed by atoms with Crippen molar-refractivity contribution in [1.29, 1.82) is 0 Å². The average molecular weight is 291 g/mol. The van der Waals surface area contributed by atoms with Crippen LogP contribution in [0.15, 0.2) is 48.8 Å². The molecule has 0 unspecified atom stereocenters. The summed E-state index contributed by atoms with van der Waals surface area (Å²) in [5.74, 6) is 0.916. The lowest BCUT2D eigenvalue weighted by atomic mass is 10.1. The highest BCUT2D eigenvalue weighted by atomic mass is 35.5. The zero-order chi connectivity index (χ0) is 13.2. The van der Waals surface area contributed by atoms with Gasteiger partial charge in [0.05, 0.1) is 0 Å². The lowest BCUT2D eigenvalue weighted by Gasteiger charge is -2.09. The van der Waals surface area contributed by atoms with E-state index < -0.39 is 0 Å². The first-order chi connectivity index (χ1) is 9.25. The Morgan fingerprint density at radius 3 is 2.37 bits per heavy atom. The fourth-order valence-corrected chi connectivity index (χ4v) is 2.18. The van der Waals surface area contributed by atoms with Crippen LogP contribution >= 0.6 is 23.2 Å². The Labute approximate surface area is 119 Å². The van der Waals surface area contributed by atoms with Gasteiger partial charge in [0.15, 0.2) is 5.15 Å². The van der Waals surface area contributed by atoms with Crippen LogP contribution in [0.5, 0.6) is 11.6 Å². The van der Waals surface area contributed by atoms with Gasteiger partial charge >= 0.3 is 0 Å². The van der Waals surface area contributed by atoms with Crippen LogP contribution in [-0.2, 0) is 0 Å². The Bertz CT molecular complexity index is 746. The first-order valence-corrected chi connectivity index (χ1v) is 6.33. The van der Waals surface area contributed by atoms with E-state index >= 15 is 0 Å². The molecule has 5 heteroatoms. The van der Waals surface area contributed by atoms with E-state index in [4.69, 9.17) is 27.9 Å². The molecule has 2 aromatic carbocycles. The van der Waals surface area contributed by atoms with E-state index in [1.807, 2.05) is 24.3 Å². The summed E-state index contributed by atoms with van der Waals surface area (Å²) in [7, 11) is 0. The van der Waals surface area contributed by atoms with Crippen LogP contribution in [-0.4, -0.2) is 9.97 Å². The molecule has 0 aliphatic heterocycles. The smallest absolute Gasteiger partial charge is 0.257 e. The lowest BCUT2D eigenvalue weighted by Crippen LogP contribution is -1.91. The molecule has 0 amide bonds. The summed E-state index contributed by atoms with van der Waals surface area (Å²) in [5.41, 5.74) is 0. The third-order valence-corrected chi connectivity index (χ3v) is 3.25. The average Bonchev–Trinajstić information content (AvgIpc) is 2.44. The number of hydrogen-bond donors (Lipinski definition) is 0. The van der Waals surface area contributed by atoms with Crippen LogP contribution in [0.25, 0.3) is 10.8 Å². The lowest BCUT2D eigenvalue weighted by molar-refractivity contribution is 0.465. The zero-order valence-corrected chi connectivity index (χ0v) is 11.2. The minimum absolute atomic E-state index is 0.224. The van der Waals surface area contributed by atoms with Crippen molar-refractivity contribution >= 4 is 34.0 Å². The molecule has 0 atom stereocenters. The van der Waals surface area contributed by atoms with E-state index in [2.05, 4.69) is 9.97 Å². The minimum Gasteiger partial charge on any atom is -0.436 e. The number of benzene rings is 2. The topological polar surface area (TPSA) is 35.0 Å². The highest BCUT2D eigenvalue weighted by Gasteiger charge is 2.09. The van der Waals surface area contributed by atoms with Crippen LogP contribution in [0, 0.1) is 0 Å². The predicted molar refractivity (Wildman–Crippen MR) is 76.1 cm³/mol. The Morgan fingerprint density at radius 1 is 0.842 bits per heavy atom. The largest absolute Gasteiger partial charge is 0.436 e. The van der Waals surface area contributed by atoms with Crippen LogP contribution in [0.2, 0.25) is 10.2 Å². The van der Waals surface area contributed by atoms with E-state index in [1.165, 1.54) is 12.4 Å². The molecule has 19 heavy (non-hydrogen) atoms. The highest BCUT2D eigenvalue weighted by molar-refractivity contribution is 6.35. The Morgan fingerprint density at radius 2 is 1.58 bits per heavy atom. The fraction of sp³-hybridized carbons (Fsp3) is 0. The van der Waals surface area contributed by atoms with E-state index in [1.54, 1.807) is 12.1 Å². The Hall–Kier alpha value is -1.84. The van der Waals surface area contributed by atoms with Crippen LogP contribution in [0.3, 0.4) is 0 Å². The molecule has 0 aliphatic rings. The third kappa shape index (κ3) is 2.35. The zero-order valence-electron chi connectivity index (χ0n) is 9.68. The van der Waals surface area contributed by atoms with E-state index in [9.17, 15) is 0 Å². The van der Waals surface area contributed by atoms with Crippen LogP contribution in [0.1, 0.15) is 0 Å². The Kier molecular flexibility index (Phi) is 3.23. The van der Waals surface area contributed by atoms with Gasteiger partial charge in [-0.1, -0.05) is 47.5 Å². The monoisotopic (exact) mass is 290 g/mol. The van der Waals surface area contributed by atoms with Gasteiger partial charge in [0.25, 0.3) is 5.88 Å². The molecule has 3 aromatic rings. The van der Waals surface area contributed by atoms with E-state index in [0.29, 0.717) is 10.8 Å². The second-order valence-corrected chi connectivity index (χ2v) is 4.61. The molecule has 3 nitrogen and oxygen atoms in total. The molecule has 1 heterocycles.